The summed E-state index contributed by atoms with van der Waals surface area (Å²) in [6.45, 7) is 16.8. The predicted octanol–water partition coefficient (Wildman–Crippen LogP) is 4.47. The lowest BCUT2D eigenvalue weighted by atomic mass is 9.92. The van der Waals surface area contributed by atoms with Gasteiger partial charge in [0.05, 0.1) is 18.4 Å². The molecule has 3 rings (SSSR count). The van der Waals surface area contributed by atoms with Crippen LogP contribution in [0.2, 0.25) is 0 Å². The third kappa shape index (κ3) is 8.12. The summed E-state index contributed by atoms with van der Waals surface area (Å²) in [6, 6.07) is 13.7. The maximum absolute atomic E-state index is 13.4. The highest BCUT2D eigenvalue weighted by Crippen LogP contribution is 2.31. The smallest absolute Gasteiger partial charge is 0.253 e. The van der Waals surface area contributed by atoms with E-state index in [2.05, 4.69) is 45.2 Å². The summed E-state index contributed by atoms with van der Waals surface area (Å²) >= 11 is 0. The second-order valence-electron chi connectivity index (χ2n) is 10.9. The Morgan fingerprint density at radius 2 is 1.58 bits per heavy atom. The molecule has 1 heterocycles. The fourth-order valence-corrected chi connectivity index (χ4v) is 4.80. The summed E-state index contributed by atoms with van der Waals surface area (Å²) in [5.74, 6) is 0.694. The number of nitrogens with one attached hydrogen (secondary N) is 2. The molecule has 0 aromatic heterocycles. The third-order valence-corrected chi connectivity index (χ3v) is 6.87. The first-order valence-corrected chi connectivity index (χ1v) is 13.7. The molecule has 0 radical (unpaired) electrons. The Kier molecular flexibility index (Phi) is 10.4. The highest BCUT2D eigenvalue weighted by molar-refractivity contribution is 6.02. The van der Waals surface area contributed by atoms with Crippen molar-refractivity contribution in [2.45, 2.75) is 41.0 Å². The standard InChI is InChI=1S/C30H45N5O3/c1-7-33(8-2)16-15-31-29(37)24-21-23(32-28(36)22-30(3,4)5)13-14-25(24)34-17-19-35(20-18-34)26-11-9-10-12-27(26)38-6/h9-14,21H,7-8,15-20,22H2,1-6H3,(H,31,37)(H,32,36). The van der Waals surface area contributed by atoms with Gasteiger partial charge in [-0.3, -0.25) is 9.59 Å². The van der Waals surface area contributed by atoms with Crippen LogP contribution in [0.4, 0.5) is 17.1 Å². The number of para-hydroxylation sites is 2. The first-order chi connectivity index (χ1) is 18.1. The molecule has 0 unspecified atom stereocenters. The number of likely N-dealkylation sites (N-methyl/N-ethyl adjacent to an activating group) is 1. The number of rotatable bonds is 11. The molecule has 2 aromatic carbocycles. The van der Waals surface area contributed by atoms with Crippen LogP contribution in [0.1, 0.15) is 51.4 Å². The molecule has 0 atom stereocenters. The number of carbonyl (C=O) groups excluding carboxylic acids is 2. The van der Waals surface area contributed by atoms with Crippen molar-refractivity contribution in [3.8, 4) is 5.75 Å². The Hall–Kier alpha value is -3.26. The van der Waals surface area contributed by atoms with Crippen molar-refractivity contribution in [2.24, 2.45) is 5.41 Å². The molecule has 1 saturated heterocycles. The lowest BCUT2D eigenvalue weighted by Gasteiger charge is -2.38. The van der Waals surface area contributed by atoms with E-state index in [1.165, 1.54) is 0 Å². The average molecular weight is 524 g/mol. The molecule has 208 valence electrons. The van der Waals surface area contributed by atoms with Crippen LogP contribution in [-0.2, 0) is 4.79 Å². The van der Waals surface area contributed by atoms with Gasteiger partial charge < -0.3 is 30.1 Å². The van der Waals surface area contributed by atoms with Crippen molar-refractivity contribution < 1.29 is 14.3 Å². The number of carbonyl (C=O) groups is 2. The van der Waals surface area contributed by atoms with E-state index in [0.29, 0.717) is 24.2 Å². The SMILES string of the molecule is CCN(CC)CCNC(=O)c1cc(NC(=O)CC(C)(C)C)ccc1N1CCN(c2ccccc2OC)CC1. The van der Waals surface area contributed by atoms with Crippen LogP contribution in [0.25, 0.3) is 0 Å². The van der Waals surface area contributed by atoms with Crippen LogP contribution in [0.3, 0.4) is 0 Å². The van der Waals surface area contributed by atoms with Gasteiger partial charge in [0.2, 0.25) is 5.91 Å². The first-order valence-electron chi connectivity index (χ1n) is 13.7. The quantitative estimate of drug-likeness (QED) is 0.453. The fraction of sp³-hybridized carbons (Fsp3) is 0.533. The van der Waals surface area contributed by atoms with E-state index in [-0.39, 0.29) is 17.2 Å². The molecule has 2 N–H and O–H groups in total. The zero-order chi connectivity index (χ0) is 27.7. The predicted molar refractivity (Wildman–Crippen MR) is 157 cm³/mol. The van der Waals surface area contributed by atoms with Gasteiger partial charge in [0.25, 0.3) is 5.91 Å². The van der Waals surface area contributed by atoms with Gasteiger partial charge in [-0.05, 0) is 48.8 Å². The van der Waals surface area contributed by atoms with Gasteiger partial charge in [-0.15, -0.1) is 0 Å². The average Bonchev–Trinajstić information content (AvgIpc) is 2.90. The van der Waals surface area contributed by atoms with Crippen LogP contribution in [0.15, 0.2) is 42.5 Å². The zero-order valence-corrected chi connectivity index (χ0v) is 24.0. The van der Waals surface area contributed by atoms with Gasteiger partial charge in [-0.25, -0.2) is 0 Å². The molecule has 2 aromatic rings. The summed E-state index contributed by atoms with van der Waals surface area (Å²) in [5.41, 5.74) is 3.09. The van der Waals surface area contributed by atoms with E-state index < -0.39 is 0 Å². The normalized spacial score (nSPS) is 14.0. The number of hydrogen-bond donors (Lipinski definition) is 2. The molecule has 8 heteroatoms. The Morgan fingerprint density at radius 3 is 2.18 bits per heavy atom. The van der Waals surface area contributed by atoms with E-state index in [4.69, 9.17) is 4.74 Å². The zero-order valence-electron chi connectivity index (χ0n) is 24.0. The summed E-state index contributed by atoms with van der Waals surface area (Å²) in [4.78, 5) is 32.9. The Bertz CT molecular complexity index is 1070. The molecular weight excluding hydrogens is 478 g/mol. The minimum absolute atomic E-state index is 0.0523. The van der Waals surface area contributed by atoms with Gasteiger partial charge in [0.1, 0.15) is 5.75 Å². The summed E-state index contributed by atoms with van der Waals surface area (Å²) < 4.78 is 5.56. The lowest BCUT2D eigenvalue weighted by Crippen LogP contribution is -2.47. The number of piperazine rings is 1. The Balaban J connectivity index is 1.78. The van der Waals surface area contributed by atoms with E-state index in [9.17, 15) is 9.59 Å². The van der Waals surface area contributed by atoms with Crippen molar-refractivity contribution >= 4 is 28.9 Å². The molecule has 0 bridgehead atoms. The monoisotopic (exact) mass is 523 g/mol. The Labute approximate surface area is 228 Å². The number of amides is 2. The van der Waals surface area contributed by atoms with Crippen LogP contribution in [0, 0.1) is 5.41 Å². The minimum Gasteiger partial charge on any atom is -0.495 e. The molecular formula is C30H45N5O3. The first kappa shape index (κ1) is 29.3. The molecule has 0 spiro atoms. The van der Waals surface area contributed by atoms with Crippen molar-refractivity contribution in [3.05, 3.63) is 48.0 Å². The van der Waals surface area contributed by atoms with Crippen molar-refractivity contribution in [1.82, 2.24) is 10.2 Å². The second kappa shape index (κ2) is 13.5. The van der Waals surface area contributed by atoms with Crippen molar-refractivity contribution in [3.63, 3.8) is 0 Å². The van der Waals surface area contributed by atoms with Crippen molar-refractivity contribution in [2.75, 3.05) is 74.6 Å². The molecule has 1 aliphatic rings. The largest absolute Gasteiger partial charge is 0.495 e. The van der Waals surface area contributed by atoms with E-state index in [0.717, 1.165) is 62.9 Å². The maximum Gasteiger partial charge on any atom is 0.253 e. The molecule has 2 amide bonds. The lowest BCUT2D eigenvalue weighted by molar-refractivity contribution is -0.117. The number of methoxy groups -OCH3 is 1. The summed E-state index contributed by atoms with van der Waals surface area (Å²) in [5, 5.41) is 6.09. The van der Waals surface area contributed by atoms with Crippen LogP contribution < -0.4 is 25.2 Å². The molecule has 38 heavy (non-hydrogen) atoms. The topological polar surface area (TPSA) is 77.2 Å². The summed E-state index contributed by atoms with van der Waals surface area (Å²) in [7, 11) is 1.70. The maximum atomic E-state index is 13.4. The minimum atomic E-state index is -0.119. The van der Waals surface area contributed by atoms with Crippen LogP contribution in [-0.4, -0.2) is 76.2 Å². The van der Waals surface area contributed by atoms with Crippen LogP contribution >= 0.6 is 0 Å². The molecule has 8 nitrogen and oxygen atoms in total. The molecule has 1 aliphatic heterocycles. The molecule has 1 fully saturated rings. The Morgan fingerprint density at radius 1 is 0.947 bits per heavy atom. The second-order valence-corrected chi connectivity index (χ2v) is 10.9. The van der Waals surface area contributed by atoms with Gasteiger partial charge in [-0.1, -0.05) is 46.8 Å². The number of benzene rings is 2. The summed E-state index contributed by atoms with van der Waals surface area (Å²) in [6.07, 6.45) is 0.408. The number of ether oxygens (including phenoxy) is 1. The van der Waals surface area contributed by atoms with Crippen molar-refractivity contribution in [1.29, 1.82) is 0 Å². The number of hydrogen-bond acceptors (Lipinski definition) is 6. The third-order valence-electron chi connectivity index (χ3n) is 6.87. The molecule has 0 aliphatic carbocycles. The van der Waals surface area contributed by atoms with E-state index in [1.54, 1.807) is 7.11 Å². The van der Waals surface area contributed by atoms with E-state index in [1.807, 2.05) is 57.2 Å². The number of anilines is 3. The van der Waals surface area contributed by atoms with Gasteiger partial charge in [0.15, 0.2) is 0 Å². The van der Waals surface area contributed by atoms with E-state index >= 15 is 0 Å². The fourth-order valence-electron chi connectivity index (χ4n) is 4.80. The van der Waals surface area contributed by atoms with Gasteiger partial charge in [-0.2, -0.15) is 0 Å². The number of nitrogens with zero attached hydrogens (tertiary/aromatic N) is 3. The van der Waals surface area contributed by atoms with Crippen LogP contribution in [0.5, 0.6) is 5.75 Å². The molecule has 0 saturated carbocycles. The highest BCUT2D eigenvalue weighted by Gasteiger charge is 2.24. The highest BCUT2D eigenvalue weighted by atomic mass is 16.5. The van der Waals surface area contributed by atoms with Gasteiger partial charge in [0, 0.05) is 57.1 Å². The van der Waals surface area contributed by atoms with Gasteiger partial charge >= 0.3 is 0 Å².